The molecule has 0 spiro atoms. The first-order chi connectivity index (χ1) is 7.86. The van der Waals surface area contributed by atoms with Gasteiger partial charge in [0.25, 0.3) is 0 Å². The molecule has 92 valence electrons. The second kappa shape index (κ2) is 5.66. The first-order valence-electron chi connectivity index (χ1n) is 6.25. The molecule has 4 heteroatoms. The fraction of sp³-hybridized carbons (Fsp3) is 0.833. The summed E-state index contributed by atoms with van der Waals surface area (Å²) in [6.07, 6.45) is 6.54. The zero-order valence-electron chi connectivity index (χ0n) is 9.95. The molecule has 0 aromatic rings. The zero-order valence-corrected chi connectivity index (χ0v) is 9.95. The van der Waals surface area contributed by atoms with Crippen molar-refractivity contribution < 1.29 is 9.47 Å². The lowest BCUT2D eigenvalue weighted by Gasteiger charge is -2.30. The van der Waals surface area contributed by atoms with Gasteiger partial charge in [0.1, 0.15) is 0 Å². The molecular formula is C12H22N2O2. The Morgan fingerprint density at radius 2 is 2.44 bits per heavy atom. The molecule has 4 nitrogen and oxygen atoms in total. The fourth-order valence-corrected chi connectivity index (χ4v) is 2.79. The van der Waals surface area contributed by atoms with Crippen LogP contribution in [0.3, 0.4) is 0 Å². The second-order valence-electron chi connectivity index (χ2n) is 4.58. The van der Waals surface area contributed by atoms with Crippen LogP contribution in [0, 0.1) is 5.92 Å². The van der Waals surface area contributed by atoms with Crippen LogP contribution in [-0.4, -0.2) is 25.4 Å². The average Bonchev–Trinajstić information content (AvgIpc) is 2.80. The lowest BCUT2D eigenvalue weighted by atomic mass is 9.85. The molecule has 0 aromatic carbocycles. The van der Waals surface area contributed by atoms with E-state index in [0.29, 0.717) is 12.0 Å². The number of hydrazine groups is 1. The minimum atomic E-state index is 0.216. The van der Waals surface area contributed by atoms with Crippen molar-refractivity contribution in [3.63, 3.8) is 0 Å². The van der Waals surface area contributed by atoms with Gasteiger partial charge >= 0.3 is 0 Å². The summed E-state index contributed by atoms with van der Waals surface area (Å²) in [5.74, 6) is 6.19. The largest absolute Gasteiger partial charge is 0.501 e. The highest BCUT2D eigenvalue weighted by molar-refractivity contribution is 5.13. The smallest absolute Gasteiger partial charge is 0.0876 e. The van der Waals surface area contributed by atoms with Gasteiger partial charge in [-0.25, -0.2) is 0 Å². The first kappa shape index (κ1) is 11.9. The molecule has 0 saturated carbocycles. The van der Waals surface area contributed by atoms with Crippen molar-refractivity contribution in [2.75, 3.05) is 13.2 Å². The Labute approximate surface area is 97.1 Å². The van der Waals surface area contributed by atoms with Gasteiger partial charge in [-0.05, 0) is 31.3 Å². The van der Waals surface area contributed by atoms with Crippen LogP contribution >= 0.6 is 0 Å². The molecule has 3 N–H and O–H groups in total. The number of hydrogen-bond acceptors (Lipinski definition) is 4. The molecule has 1 saturated heterocycles. The highest BCUT2D eigenvalue weighted by Gasteiger charge is 2.35. The van der Waals surface area contributed by atoms with Crippen LogP contribution in [0.25, 0.3) is 0 Å². The van der Waals surface area contributed by atoms with E-state index in [1.807, 2.05) is 6.26 Å². The predicted octanol–water partition coefficient (Wildman–Crippen LogP) is 1.33. The van der Waals surface area contributed by atoms with Gasteiger partial charge in [-0.3, -0.25) is 11.3 Å². The third-order valence-electron chi connectivity index (χ3n) is 3.63. The van der Waals surface area contributed by atoms with Gasteiger partial charge in [-0.2, -0.15) is 0 Å². The highest BCUT2D eigenvalue weighted by Crippen LogP contribution is 2.31. The third-order valence-corrected chi connectivity index (χ3v) is 3.63. The van der Waals surface area contributed by atoms with Crippen LogP contribution in [0.4, 0.5) is 0 Å². The van der Waals surface area contributed by atoms with Crippen LogP contribution in [-0.2, 0) is 9.47 Å². The van der Waals surface area contributed by atoms with Crippen molar-refractivity contribution in [3.8, 4) is 0 Å². The first-order valence-corrected chi connectivity index (χ1v) is 6.25. The van der Waals surface area contributed by atoms with Crippen LogP contribution in [0.5, 0.6) is 0 Å². The Morgan fingerprint density at radius 1 is 1.56 bits per heavy atom. The Morgan fingerprint density at radius 3 is 3.06 bits per heavy atom. The molecule has 2 heterocycles. The SMILES string of the molecule is CCC1OCCC1C(NN)C1=COCCC1. The monoisotopic (exact) mass is 226 g/mol. The van der Waals surface area contributed by atoms with E-state index in [2.05, 4.69) is 12.3 Å². The molecule has 0 aliphatic carbocycles. The number of nitrogens with one attached hydrogen (secondary N) is 1. The van der Waals surface area contributed by atoms with Gasteiger partial charge in [-0.1, -0.05) is 6.92 Å². The van der Waals surface area contributed by atoms with E-state index in [1.165, 1.54) is 5.57 Å². The molecule has 16 heavy (non-hydrogen) atoms. The summed E-state index contributed by atoms with van der Waals surface area (Å²) in [4.78, 5) is 0. The Bertz CT molecular complexity index is 255. The summed E-state index contributed by atoms with van der Waals surface area (Å²) in [6, 6.07) is 0.216. The summed E-state index contributed by atoms with van der Waals surface area (Å²) >= 11 is 0. The summed E-state index contributed by atoms with van der Waals surface area (Å²) in [7, 11) is 0. The molecule has 0 radical (unpaired) electrons. The van der Waals surface area contributed by atoms with Crippen molar-refractivity contribution in [1.29, 1.82) is 0 Å². The second-order valence-corrected chi connectivity index (χ2v) is 4.58. The summed E-state index contributed by atoms with van der Waals surface area (Å²) < 4.78 is 11.1. The number of hydrogen-bond donors (Lipinski definition) is 2. The van der Waals surface area contributed by atoms with Crippen molar-refractivity contribution in [2.45, 2.75) is 44.8 Å². The molecule has 0 amide bonds. The Kier molecular flexibility index (Phi) is 4.21. The van der Waals surface area contributed by atoms with E-state index in [4.69, 9.17) is 15.3 Å². The van der Waals surface area contributed by atoms with E-state index in [0.717, 1.165) is 38.9 Å². The van der Waals surface area contributed by atoms with Gasteiger partial charge in [0, 0.05) is 12.5 Å². The van der Waals surface area contributed by atoms with Crippen LogP contribution in [0.1, 0.15) is 32.6 Å². The topological polar surface area (TPSA) is 56.5 Å². The minimum Gasteiger partial charge on any atom is -0.501 e. The average molecular weight is 226 g/mol. The molecule has 1 fully saturated rings. The predicted molar refractivity (Wildman–Crippen MR) is 62.5 cm³/mol. The number of ether oxygens (including phenoxy) is 2. The fourth-order valence-electron chi connectivity index (χ4n) is 2.79. The molecule has 0 aromatic heterocycles. The van der Waals surface area contributed by atoms with E-state index < -0.39 is 0 Å². The van der Waals surface area contributed by atoms with Crippen LogP contribution in [0.15, 0.2) is 11.8 Å². The Balaban J connectivity index is 2.05. The quantitative estimate of drug-likeness (QED) is 0.561. The summed E-state index contributed by atoms with van der Waals surface area (Å²) in [5, 5.41) is 0. The highest BCUT2D eigenvalue weighted by atomic mass is 16.5. The van der Waals surface area contributed by atoms with Gasteiger partial charge in [0.15, 0.2) is 0 Å². The van der Waals surface area contributed by atoms with Crippen molar-refractivity contribution in [3.05, 3.63) is 11.8 Å². The molecule has 2 aliphatic heterocycles. The molecular weight excluding hydrogens is 204 g/mol. The van der Waals surface area contributed by atoms with Crippen molar-refractivity contribution in [1.82, 2.24) is 5.43 Å². The maximum Gasteiger partial charge on any atom is 0.0876 e. The van der Waals surface area contributed by atoms with E-state index in [1.54, 1.807) is 0 Å². The number of rotatable bonds is 4. The van der Waals surface area contributed by atoms with Gasteiger partial charge in [0.2, 0.25) is 0 Å². The molecule has 2 aliphatic rings. The van der Waals surface area contributed by atoms with Crippen LogP contribution in [0.2, 0.25) is 0 Å². The van der Waals surface area contributed by atoms with Gasteiger partial charge < -0.3 is 9.47 Å². The van der Waals surface area contributed by atoms with E-state index in [-0.39, 0.29) is 6.04 Å². The maximum atomic E-state index is 5.72. The van der Waals surface area contributed by atoms with E-state index >= 15 is 0 Å². The summed E-state index contributed by atoms with van der Waals surface area (Å²) in [6.45, 7) is 3.86. The van der Waals surface area contributed by atoms with Crippen LogP contribution < -0.4 is 11.3 Å². The molecule has 3 unspecified atom stereocenters. The van der Waals surface area contributed by atoms with Gasteiger partial charge in [0.05, 0.1) is 25.0 Å². The lowest BCUT2D eigenvalue weighted by Crippen LogP contribution is -2.45. The third kappa shape index (κ3) is 2.39. The number of nitrogens with two attached hydrogens (primary N) is 1. The van der Waals surface area contributed by atoms with Crippen molar-refractivity contribution in [2.24, 2.45) is 11.8 Å². The minimum absolute atomic E-state index is 0.216. The standard InChI is InChI=1S/C12H22N2O2/c1-2-11-10(5-7-16-11)12(14-13)9-4-3-6-15-8-9/h8,10-12,14H,2-7,13H2,1H3. The molecule has 0 bridgehead atoms. The lowest BCUT2D eigenvalue weighted by molar-refractivity contribution is 0.0793. The van der Waals surface area contributed by atoms with Gasteiger partial charge in [-0.15, -0.1) is 0 Å². The maximum absolute atomic E-state index is 5.72. The Hall–Kier alpha value is -0.580. The molecule has 2 rings (SSSR count). The van der Waals surface area contributed by atoms with E-state index in [9.17, 15) is 0 Å². The van der Waals surface area contributed by atoms with Crippen molar-refractivity contribution >= 4 is 0 Å². The zero-order chi connectivity index (χ0) is 11.4. The summed E-state index contributed by atoms with van der Waals surface area (Å²) in [5.41, 5.74) is 4.24. The molecule has 3 atom stereocenters. The normalized spacial score (nSPS) is 32.0.